The van der Waals surface area contributed by atoms with Crippen LogP contribution in [0.3, 0.4) is 0 Å². The van der Waals surface area contributed by atoms with Crippen LogP contribution < -0.4 is 24.4 Å². The molecule has 0 aliphatic carbocycles. The molecule has 0 bridgehead atoms. The first-order valence-corrected chi connectivity index (χ1v) is 12.1. The maximum Gasteiger partial charge on any atom is 0.338 e. The van der Waals surface area contributed by atoms with Crippen LogP contribution in [0.2, 0.25) is 0 Å². The number of aromatic nitrogens is 1. The Kier molecular flexibility index (Phi) is 7.04. The van der Waals surface area contributed by atoms with Crippen LogP contribution in [-0.2, 0) is 14.3 Å². The first-order chi connectivity index (χ1) is 16.7. The summed E-state index contributed by atoms with van der Waals surface area (Å²) >= 11 is 4.60. The van der Waals surface area contributed by atoms with Crippen molar-refractivity contribution in [1.29, 1.82) is 0 Å². The molecule has 0 saturated carbocycles. The van der Waals surface area contributed by atoms with Gasteiger partial charge < -0.3 is 14.2 Å². The number of esters is 2. The van der Waals surface area contributed by atoms with Crippen molar-refractivity contribution in [3.05, 3.63) is 89.0 Å². The van der Waals surface area contributed by atoms with Crippen LogP contribution in [0.25, 0.3) is 6.08 Å². The van der Waals surface area contributed by atoms with Crippen molar-refractivity contribution < 1.29 is 23.8 Å². The predicted molar refractivity (Wildman–Crippen MR) is 134 cm³/mol. The lowest BCUT2D eigenvalue weighted by Crippen LogP contribution is -2.39. The lowest BCUT2D eigenvalue weighted by atomic mass is 9.96. The Hall–Kier alpha value is -3.50. The molecule has 4 rings (SSSR count). The Morgan fingerprint density at radius 1 is 1.14 bits per heavy atom. The summed E-state index contributed by atoms with van der Waals surface area (Å²) in [6.07, 6.45) is 1.65. The van der Waals surface area contributed by atoms with Gasteiger partial charge in [-0.05, 0) is 48.9 Å². The minimum Gasteiger partial charge on any atom is -0.497 e. The zero-order chi connectivity index (χ0) is 25.3. The number of methoxy groups -OCH3 is 2. The van der Waals surface area contributed by atoms with Crippen LogP contribution in [-0.4, -0.2) is 30.7 Å². The summed E-state index contributed by atoms with van der Waals surface area (Å²) < 4.78 is 18.2. The van der Waals surface area contributed by atoms with Gasteiger partial charge in [0.1, 0.15) is 11.5 Å². The Morgan fingerprint density at radius 3 is 2.49 bits per heavy atom. The van der Waals surface area contributed by atoms with E-state index in [-0.39, 0.29) is 11.1 Å². The average Bonchev–Trinajstić information content (AvgIpc) is 3.13. The molecule has 0 unspecified atom stereocenters. The van der Waals surface area contributed by atoms with E-state index in [1.165, 1.54) is 29.9 Å². The molecule has 10 heteroatoms. The largest absolute Gasteiger partial charge is 0.497 e. The summed E-state index contributed by atoms with van der Waals surface area (Å²) in [6.45, 7) is 3.03. The number of rotatable bonds is 5. The average molecular weight is 557 g/mol. The zero-order valence-corrected chi connectivity index (χ0v) is 21.7. The van der Waals surface area contributed by atoms with E-state index < -0.39 is 18.0 Å². The van der Waals surface area contributed by atoms with Gasteiger partial charge in [-0.15, -0.1) is 0 Å². The smallest absolute Gasteiger partial charge is 0.338 e. The molecular weight excluding hydrogens is 536 g/mol. The molecule has 180 valence electrons. The van der Waals surface area contributed by atoms with E-state index in [4.69, 9.17) is 14.2 Å². The van der Waals surface area contributed by atoms with Gasteiger partial charge in [0.2, 0.25) is 0 Å². The molecule has 0 spiro atoms. The third-order valence-electron chi connectivity index (χ3n) is 5.37. The molecule has 1 aliphatic rings. The van der Waals surface area contributed by atoms with Gasteiger partial charge >= 0.3 is 11.9 Å². The summed E-state index contributed by atoms with van der Waals surface area (Å²) in [7, 11) is 2.86. The molecule has 0 saturated heterocycles. The normalized spacial score (nSPS) is 15.3. The minimum atomic E-state index is -0.734. The van der Waals surface area contributed by atoms with E-state index in [0.717, 1.165) is 4.47 Å². The number of hydrogen-bond acceptors (Lipinski definition) is 8. The molecule has 3 aromatic rings. The van der Waals surface area contributed by atoms with E-state index in [2.05, 4.69) is 20.9 Å². The van der Waals surface area contributed by atoms with Crippen molar-refractivity contribution in [3.8, 4) is 11.5 Å². The van der Waals surface area contributed by atoms with E-state index in [0.29, 0.717) is 37.7 Å². The van der Waals surface area contributed by atoms with Gasteiger partial charge in [-0.25, -0.2) is 9.79 Å². The fraction of sp³-hybridized carbons (Fsp3) is 0.200. The molecular formula is C25H21BrN2O6S. The standard InChI is InChI=1S/C25H21BrN2O6S/c1-13-21(24(31)33-4)22(15-5-8-18(32-3)9-6-15)28-23(30)20(35-25(28)27-13)12-16-11-17(26)7-10-19(16)34-14(2)29/h5-12,22H,1-4H3/b20-12-/t22-/m0/s1. The van der Waals surface area contributed by atoms with Gasteiger partial charge in [0.15, 0.2) is 4.80 Å². The van der Waals surface area contributed by atoms with Crippen molar-refractivity contribution in [3.63, 3.8) is 0 Å². The monoisotopic (exact) mass is 556 g/mol. The van der Waals surface area contributed by atoms with Gasteiger partial charge in [0.25, 0.3) is 5.56 Å². The van der Waals surface area contributed by atoms with Gasteiger partial charge in [0, 0.05) is 17.0 Å². The van der Waals surface area contributed by atoms with Crippen molar-refractivity contribution in [1.82, 2.24) is 4.57 Å². The number of carbonyl (C=O) groups excluding carboxylic acids is 2. The van der Waals surface area contributed by atoms with Crippen LogP contribution in [0.15, 0.2) is 68.0 Å². The van der Waals surface area contributed by atoms with E-state index in [1.807, 2.05) is 0 Å². The highest BCUT2D eigenvalue weighted by atomic mass is 79.9. The highest BCUT2D eigenvalue weighted by Crippen LogP contribution is 2.31. The van der Waals surface area contributed by atoms with E-state index in [1.54, 1.807) is 62.6 Å². The number of nitrogens with zero attached hydrogens (tertiary/aromatic N) is 2. The summed E-state index contributed by atoms with van der Waals surface area (Å²) in [6, 6.07) is 11.5. The maximum atomic E-state index is 13.7. The third kappa shape index (κ3) is 4.85. The molecule has 0 amide bonds. The number of thiazole rings is 1. The van der Waals surface area contributed by atoms with Gasteiger partial charge in [-0.1, -0.05) is 39.4 Å². The topological polar surface area (TPSA) is 96.2 Å². The second-order valence-electron chi connectivity index (χ2n) is 7.62. The van der Waals surface area contributed by atoms with Crippen molar-refractivity contribution >= 4 is 45.3 Å². The van der Waals surface area contributed by atoms with Crippen LogP contribution in [0.1, 0.15) is 31.0 Å². The maximum absolute atomic E-state index is 13.7. The number of fused-ring (bicyclic) bond motifs is 1. The number of halogens is 1. The predicted octanol–water partition coefficient (Wildman–Crippen LogP) is 3.10. The Balaban J connectivity index is 1.96. The number of benzene rings is 2. The molecule has 0 N–H and O–H groups in total. The molecule has 35 heavy (non-hydrogen) atoms. The lowest BCUT2D eigenvalue weighted by molar-refractivity contribution is -0.136. The Bertz CT molecular complexity index is 1540. The molecule has 0 radical (unpaired) electrons. The number of carbonyl (C=O) groups is 2. The van der Waals surface area contributed by atoms with Crippen LogP contribution in [0, 0.1) is 0 Å². The van der Waals surface area contributed by atoms with E-state index in [9.17, 15) is 14.4 Å². The minimum absolute atomic E-state index is 0.277. The lowest BCUT2D eigenvalue weighted by Gasteiger charge is -2.24. The van der Waals surface area contributed by atoms with Crippen LogP contribution in [0.4, 0.5) is 0 Å². The van der Waals surface area contributed by atoms with Crippen molar-refractivity contribution in [2.45, 2.75) is 19.9 Å². The molecule has 1 aliphatic heterocycles. The Labute approximate surface area is 212 Å². The highest BCUT2D eigenvalue weighted by molar-refractivity contribution is 9.10. The fourth-order valence-electron chi connectivity index (χ4n) is 3.82. The third-order valence-corrected chi connectivity index (χ3v) is 6.85. The highest BCUT2D eigenvalue weighted by Gasteiger charge is 2.33. The SMILES string of the molecule is COC(=O)C1=C(C)N=c2s/c(=C\c3cc(Br)ccc3OC(C)=O)c(=O)n2[C@H]1c1ccc(OC)cc1. The zero-order valence-electron chi connectivity index (χ0n) is 19.3. The first-order valence-electron chi connectivity index (χ1n) is 10.5. The summed E-state index contributed by atoms with van der Waals surface area (Å²) in [4.78, 5) is 43.0. The Morgan fingerprint density at radius 2 is 1.86 bits per heavy atom. The van der Waals surface area contributed by atoms with Gasteiger partial charge in [0.05, 0.1) is 36.1 Å². The van der Waals surface area contributed by atoms with Crippen LogP contribution in [0.5, 0.6) is 11.5 Å². The first kappa shape index (κ1) is 24.6. The summed E-state index contributed by atoms with van der Waals surface area (Å²) in [5, 5.41) is 0. The van der Waals surface area contributed by atoms with Crippen LogP contribution >= 0.6 is 27.3 Å². The molecule has 0 fully saturated rings. The van der Waals surface area contributed by atoms with Gasteiger partial charge in [-0.3, -0.25) is 14.2 Å². The van der Waals surface area contributed by atoms with E-state index >= 15 is 0 Å². The fourth-order valence-corrected chi connectivity index (χ4v) is 5.23. The quantitative estimate of drug-likeness (QED) is 0.354. The van der Waals surface area contributed by atoms with Gasteiger partial charge in [-0.2, -0.15) is 0 Å². The number of hydrogen-bond donors (Lipinski definition) is 0. The summed E-state index contributed by atoms with van der Waals surface area (Å²) in [5.41, 5.74) is 1.66. The second kappa shape index (κ2) is 10.0. The molecule has 2 heterocycles. The molecule has 1 atom stereocenters. The number of allylic oxidation sites excluding steroid dienone is 1. The van der Waals surface area contributed by atoms with Crippen molar-refractivity contribution in [2.75, 3.05) is 14.2 Å². The molecule has 1 aromatic heterocycles. The second-order valence-corrected chi connectivity index (χ2v) is 9.55. The van der Waals surface area contributed by atoms with Crippen molar-refractivity contribution in [2.24, 2.45) is 4.99 Å². The molecule has 8 nitrogen and oxygen atoms in total. The summed E-state index contributed by atoms with van der Waals surface area (Å²) in [5.74, 6) is -0.0643. The molecule has 2 aromatic carbocycles. The number of ether oxygens (including phenoxy) is 3.